The molecule has 0 atom stereocenters. The quantitative estimate of drug-likeness (QED) is 0.764. The van der Waals surface area contributed by atoms with Gasteiger partial charge < -0.3 is 11.1 Å². The van der Waals surface area contributed by atoms with E-state index in [1.165, 1.54) is 12.1 Å². The lowest BCUT2D eigenvalue weighted by atomic mass is 10.2. The Morgan fingerprint density at radius 2 is 1.71 bits per heavy atom. The lowest BCUT2D eigenvalue weighted by Crippen LogP contribution is -1.98. The van der Waals surface area contributed by atoms with Crippen molar-refractivity contribution in [3.05, 3.63) is 51.2 Å². The van der Waals surface area contributed by atoms with Gasteiger partial charge in [0.05, 0.1) is 17.1 Å². The molecule has 0 heterocycles. The number of nitrogens with one attached hydrogen (secondary N) is 1. The van der Waals surface area contributed by atoms with Crippen LogP contribution in [0.5, 0.6) is 0 Å². The largest absolute Gasteiger partial charge is 0.397 e. The van der Waals surface area contributed by atoms with Crippen molar-refractivity contribution in [3.8, 4) is 0 Å². The smallest absolute Gasteiger partial charge is 0.125 e. The van der Waals surface area contributed by atoms with Crippen molar-refractivity contribution in [2.75, 3.05) is 11.1 Å². The van der Waals surface area contributed by atoms with Crippen LogP contribution in [-0.2, 0) is 0 Å². The van der Waals surface area contributed by atoms with E-state index in [0.29, 0.717) is 11.4 Å². The molecule has 5 heteroatoms. The normalized spacial score (nSPS) is 10.3. The Labute approximate surface area is 115 Å². The summed E-state index contributed by atoms with van der Waals surface area (Å²) in [5, 5.41) is 3.15. The molecule has 0 fully saturated rings. The third-order valence-corrected chi connectivity index (χ3v) is 3.56. The van der Waals surface area contributed by atoms with Crippen molar-refractivity contribution >= 4 is 48.9 Å². The molecule has 0 aliphatic rings. The van der Waals surface area contributed by atoms with Crippen molar-refractivity contribution in [1.29, 1.82) is 0 Å². The standard InChI is InChI=1S/C12H9Br2FN2/c13-8-2-1-3-9(14)12(8)17-11-5-4-7(15)6-10(11)16/h1-6,17H,16H2. The maximum atomic E-state index is 12.9. The molecule has 0 saturated carbocycles. The van der Waals surface area contributed by atoms with Crippen LogP contribution in [0.2, 0.25) is 0 Å². The maximum Gasteiger partial charge on any atom is 0.125 e. The Bertz CT molecular complexity index is 538. The first-order valence-electron chi connectivity index (χ1n) is 4.84. The van der Waals surface area contributed by atoms with Gasteiger partial charge >= 0.3 is 0 Å². The number of para-hydroxylation sites is 1. The third-order valence-electron chi connectivity index (χ3n) is 2.24. The third kappa shape index (κ3) is 2.79. The topological polar surface area (TPSA) is 38.0 Å². The van der Waals surface area contributed by atoms with E-state index in [9.17, 15) is 4.39 Å². The highest BCUT2D eigenvalue weighted by molar-refractivity contribution is 9.11. The van der Waals surface area contributed by atoms with E-state index in [4.69, 9.17) is 5.73 Å². The zero-order valence-electron chi connectivity index (χ0n) is 8.68. The molecule has 2 nitrogen and oxygen atoms in total. The van der Waals surface area contributed by atoms with Gasteiger partial charge in [-0.2, -0.15) is 0 Å². The summed E-state index contributed by atoms with van der Waals surface area (Å²) in [5.74, 6) is -0.348. The predicted molar refractivity (Wildman–Crippen MR) is 75.9 cm³/mol. The SMILES string of the molecule is Nc1cc(F)ccc1Nc1c(Br)cccc1Br. The molecule has 0 aromatic heterocycles. The summed E-state index contributed by atoms with van der Waals surface area (Å²) >= 11 is 6.87. The molecule has 2 rings (SSSR count). The Morgan fingerprint density at radius 3 is 2.29 bits per heavy atom. The van der Waals surface area contributed by atoms with E-state index in [0.717, 1.165) is 14.6 Å². The molecule has 2 aromatic rings. The summed E-state index contributed by atoms with van der Waals surface area (Å²) in [6.07, 6.45) is 0. The molecular formula is C12H9Br2FN2. The number of halogens is 3. The van der Waals surface area contributed by atoms with Crippen LogP contribution in [0.4, 0.5) is 21.5 Å². The summed E-state index contributed by atoms with van der Waals surface area (Å²) in [4.78, 5) is 0. The van der Waals surface area contributed by atoms with Crippen LogP contribution in [0.15, 0.2) is 45.3 Å². The van der Waals surface area contributed by atoms with Crippen LogP contribution in [0.3, 0.4) is 0 Å². The maximum absolute atomic E-state index is 12.9. The molecule has 0 unspecified atom stereocenters. The van der Waals surface area contributed by atoms with Gasteiger partial charge in [-0.15, -0.1) is 0 Å². The fraction of sp³-hybridized carbons (Fsp3) is 0. The van der Waals surface area contributed by atoms with Crippen LogP contribution >= 0.6 is 31.9 Å². The molecule has 0 bridgehead atoms. The van der Waals surface area contributed by atoms with Crippen molar-refractivity contribution in [2.24, 2.45) is 0 Å². The molecular weight excluding hydrogens is 351 g/mol. The second-order valence-corrected chi connectivity index (χ2v) is 5.16. The number of rotatable bonds is 2. The van der Waals surface area contributed by atoms with E-state index >= 15 is 0 Å². The Morgan fingerprint density at radius 1 is 1.06 bits per heavy atom. The average Bonchev–Trinajstić information content (AvgIpc) is 2.26. The summed E-state index contributed by atoms with van der Waals surface area (Å²) in [5.41, 5.74) is 7.62. The summed E-state index contributed by atoms with van der Waals surface area (Å²) in [6, 6.07) is 9.99. The van der Waals surface area contributed by atoms with Crippen molar-refractivity contribution in [1.82, 2.24) is 0 Å². The molecule has 0 saturated heterocycles. The zero-order valence-corrected chi connectivity index (χ0v) is 11.8. The molecule has 0 spiro atoms. The Hall–Kier alpha value is -1.07. The van der Waals surface area contributed by atoms with Gasteiger partial charge in [-0.1, -0.05) is 6.07 Å². The van der Waals surface area contributed by atoms with Gasteiger partial charge in [0.25, 0.3) is 0 Å². The molecule has 0 aliphatic heterocycles. The highest BCUT2D eigenvalue weighted by Gasteiger charge is 2.07. The van der Waals surface area contributed by atoms with Gasteiger partial charge in [-0.25, -0.2) is 4.39 Å². The fourth-order valence-electron chi connectivity index (χ4n) is 1.40. The minimum Gasteiger partial charge on any atom is -0.397 e. The molecule has 0 aliphatic carbocycles. The van der Waals surface area contributed by atoms with Crippen LogP contribution in [0.1, 0.15) is 0 Å². The first-order valence-corrected chi connectivity index (χ1v) is 6.42. The predicted octanol–water partition coefficient (Wildman–Crippen LogP) is 4.68. The van der Waals surface area contributed by atoms with Crippen LogP contribution < -0.4 is 11.1 Å². The molecule has 0 radical (unpaired) electrons. The first kappa shape index (κ1) is 12.4. The minimum atomic E-state index is -0.348. The van der Waals surface area contributed by atoms with Gasteiger partial charge in [0.15, 0.2) is 0 Å². The molecule has 0 amide bonds. The Kier molecular flexibility index (Phi) is 3.69. The first-order chi connectivity index (χ1) is 8.08. The Balaban J connectivity index is 2.38. The molecule has 3 N–H and O–H groups in total. The van der Waals surface area contributed by atoms with E-state index in [-0.39, 0.29) is 5.82 Å². The van der Waals surface area contributed by atoms with E-state index < -0.39 is 0 Å². The lowest BCUT2D eigenvalue weighted by molar-refractivity contribution is 0.628. The molecule has 2 aromatic carbocycles. The summed E-state index contributed by atoms with van der Waals surface area (Å²) in [7, 11) is 0. The van der Waals surface area contributed by atoms with Crippen LogP contribution in [0, 0.1) is 5.82 Å². The van der Waals surface area contributed by atoms with E-state index in [1.807, 2.05) is 18.2 Å². The second-order valence-electron chi connectivity index (χ2n) is 3.45. The number of anilines is 3. The van der Waals surface area contributed by atoms with Gasteiger partial charge in [0.1, 0.15) is 5.82 Å². The second kappa shape index (κ2) is 5.06. The highest BCUT2D eigenvalue weighted by atomic mass is 79.9. The lowest BCUT2D eigenvalue weighted by Gasteiger charge is -2.12. The number of hydrogen-bond acceptors (Lipinski definition) is 2. The van der Waals surface area contributed by atoms with Crippen LogP contribution in [0.25, 0.3) is 0 Å². The highest BCUT2D eigenvalue weighted by Crippen LogP contribution is 2.34. The van der Waals surface area contributed by atoms with Crippen molar-refractivity contribution in [3.63, 3.8) is 0 Å². The number of nitrogens with two attached hydrogens (primary N) is 1. The van der Waals surface area contributed by atoms with Gasteiger partial charge in [-0.3, -0.25) is 0 Å². The van der Waals surface area contributed by atoms with Crippen LogP contribution in [-0.4, -0.2) is 0 Å². The minimum absolute atomic E-state index is 0.348. The molecule has 17 heavy (non-hydrogen) atoms. The van der Waals surface area contributed by atoms with Gasteiger partial charge in [0, 0.05) is 8.95 Å². The van der Waals surface area contributed by atoms with Gasteiger partial charge in [0.2, 0.25) is 0 Å². The number of nitrogen functional groups attached to an aromatic ring is 1. The van der Waals surface area contributed by atoms with E-state index in [1.54, 1.807) is 6.07 Å². The zero-order chi connectivity index (χ0) is 12.4. The summed E-state index contributed by atoms with van der Waals surface area (Å²) in [6.45, 7) is 0. The average molecular weight is 360 g/mol. The van der Waals surface area contributed by atoms with Crippen molar-refractivity contribution in [2.45, 2.75) is 0 Å². The molecule has 88 valence electrons. The number of benzene rings is 2. The van der Waals surface area contributed by atoms with Gasteiger partial charge in [-0.05, 0) is 62.2 Å². The monoisotopic (exact) mass is 358 g/mol. The van der Waals surface area contributed by atoms with E-state index in [2.05, 4.69) is 37.2 Å². The summed E-state index contributed by atoms with van der Waals surface area (Å²) < 4.78 is 14.7. The number of hydrogen-bond donors (Lipinski definition) is 2. The fourth-order valence-corrected chi connectivity index (χ4v) is 2.60. The van der Waals surface area contributed by atoms with Crippen molar-refractivity contribution < 1.29 is 4.39 Å².